The van der Waals surface area contributed by atoms with Gasteiger partial charge in [0.25, 0.3) is 5.91 Å². The predicted octanol–water partition coefficient (Wildman–Crippen LogP) is 5.01. The summed E-state index contributed by atoms with van der Waals surface area (Å²) in [4.78, 5) is 16.9. The summed E-state index contributed by atoms with van der Waals surface area (Å²) in [5, 5.41) is 2.97. The zero-order valence-electron chi connectivity index (χ0n) is 16.0. The van der Waals surface area contributed by atoms with Crippen molar-refractivity contribution in [2.75, 3.05) is 0 Å². The lowest BCUT2D eigenvalue weighted by Crippen LogP contribution is -2.31. The summed E-state index contributed by atoms with van der Waals surface area (Å²) >= 11 is 0. The van der Waals surface area contributed by atoms with Crippen molar-refractivity contribution in [1.82, 2.24) is 10.3 Å². The molecule has 1 aromatic heterocycles. The molecular weight excluding hydrogens is 355 g/mol. The number of halogens is 1. The first-order chi connectivity index (χ1) is 13.3. The molecule has 5 heteroatoms. The third kappa shape index (κ3) is 3.24. The third-order valence-electron chi connectivity index (χ3n) is 5.09. The Labute approximate surface area is 163 Å². The molecule has 1 aliphatic heterocycles. The van der Waals surface area contributed by atoms with Crippen molar-refractivity contribution in [3.63, 3.8) is 0 Å². The topological polar surface area (TPSA) is 51.2 Å². The first-order valence-electron chi connectivity index (χ1n) is 9.19. The van der Waals surface area contributed by atoms with Crippen LogP contribution in [0.3, 0.4) is 0 Å². The number of rotatable bonds is 3. The van der Waals surface area contributed by atoms with Gasteiger partial charge in [0.05, 0.1) is 12.2 Å². The van der Waals surface area contributed by atoms with E-state index < -0.39 is 5.60 Å². The van der Waals surface area contributed by atoms with Crippen LogP contribution in [-0.2, 0) is 5.60 Å². The van der Waals surface area contributed by atoms with Crippen LogP contribution in [0.15, 0.2) is 60.9 Å². The van der Waals surface area contributed by atoms with Gasteiger partial charge in [-0.15, -0.1) is 0 Å². The molecule has 0 bridgehead atoms. The van der Waals surface area contributed by atoms with E-state index >= 15 is 0 Å². The molecule has 0 radical (unpaired) electrons. The maximum atomic E-state index is 13.1. The number of nitrogens with zero attached hydrogens (tertiary/aromatic N) is 1. The molecule has 1 aliphatic rings. The molecule has 0 spiro atoms. The summed E-state index contributed by atoms with van der Waals surface area (Å²) in [7, 11) is 0. The summed E-state index contributed by atoms with van der Waals surface area (Å²) in [6.07, 6.45) is 3.44. The number of amides is 1. The maximum absolute atomic E-state index is 13.1. The van der Waals surface area contributed by atoms with E-state index in [1.54, 1.807) is 24.5 Å². The van der Waals surface area contributed by atoms with E-state index in [9.17, 15) is 9.18 Å². The summed E-state index contributed by atoms with van der Waals surface area (Å²) in [5.41, 5.74) is 3.78. The fraction of sp³-hybridized carbons (Fsp3) is 0.217. The Kier molecular flexibility index (Phi) is 4.38. The molecule has 4 rings (SSSR count). The number of carbonyl (C=O) groups is 1. The van der Waals surface area contributed by atoms with Gasteiger partial charge in [0.15, 0.2) is 0 Å². The number of aromatic nitrogens is 1. The van der Waals surface area contributed by atoms with E-state index in [1.807, 2.05) is 45.0 Å². The molecular formula is C23H21FN2O2. The minimum absolute atomic E-state index is 0.184. The minimum Gasteiger partial charge on any atom is -0.481 e. The number of nitrogens with one attached hydrogen (secondary N) is 1. The molecule has 4 nitrogen and oxygen atoms in total. The Bertz CT molecular complexity index is 1040. The van der Waals surface area contributed by atoms with E-state index in [-0.39, 0.29) is 17.8 Å². The number of carbonyl (C=O) groups excluding carboxylic acids is 1. The average molecular weight is 376 g/mol. The van der Waals surface area contributed by atoms with Crippen LogP contribution in [0.1, 0.15) is 48.3 Å². The van der Waals surface area contributed by atoms with Crippen molar-refractivity contribution >= 4 is 5.91 Å². The fourth-order valence-corrected chi connectivity index (χ4v) is 3.55. The molecule has 0 saturated heterocycles. The van der Waals surface area contributed by atoms with Crippen LogP contribution >= 0.6 is 0 Å². The van der Waals surface area contributed by atoms with Gasteiger partial charge in [0.2, 0.25) is 0 Å². The average Bonchev–Trinajstić information content (AvgIpc) is 2.68. The number of benzene rings is 2. The Morgan fingerprint density at radius 3 is 2.61 bits per heavy atom. The second-order valence-electron chi connectivity index (χ2n) is 7.49. The van der Waals surface area contributed by atoms with Gasteiger partial charge < -0.3 is 10.1 Å². The molecule has 1 amide bonds. The van der Waals surface area contributed by atoms with Gasteiger partial charge in [0.1, 0.15) is 17.2 Å². The molecule has 28 heavy (non-hydrogen) atoms. The third-order valence-corrected chi connectivity index (χ3v) is 5.09. The summed E-state index contributed by atoms with van der Waals surface area (Å²) in [6, 6.07) is 13.5. The highest BCUT2D eigenvalue weighted by Gasteiger charge is 2.33. The quantitative estimate of drug-likeness (QED) is 0.699. The van der Waals surface area contributed by atoms with E-state index in [0.29, 0.717) is 5.56 Å². The Balaban J connectivity index is 1.63. The van der Waals surface area contributed by atoms with Crippen molar-refractivity contribution in [3.8, 4) is 16.9 Å². The highest BCUT2D eigenvalue weighted by atomic mass is 19.1. The molecule has 0 aliphatic carbocycles. The number of hydrogen-bond acceptors (Lipinski definition) is 3. The molecule has 2 aromatic carbocycles. The molecule has 1 N–H and O–H groups in total. The van der Waals surface area contributed by atoms with Gasteiger partial charge in [-0.3, -0.25) is 9.78 Å². The normalized spacial score (nSPS) is 15.0. The number of pyridine rings is 1. The van der Waals surface area contributed by atoms with Crippen molar-refractivity contribution in [1.29, 1.82) is 0 Å². The fourth-order valence-electron chi connectivity index (χ4n) is 3.55. The summed E-state index contributed by atoms with van der Waals surface area (Å²) < 4.78 is 19.2. The van der Waals surface area contributed by atoms with Gasteiger partial charge in [-0.1, -0.05) is 18.2 Å². The van der Waals surface area contributed by atoms with Crippen molar-refractivity contribution < 1.29 is 13.9 Å². The Morgan fingerprint density at radius 2 is 1.86 bits per heavy atom. The monoisotopic (exact) mass is 376 g/mol. The van der Waals surface area contributed by atoms with Crippen LogP contribution in [-0.4, -0.2) is 10.9 Å². The van der Waals surface area contributed by atoms with Crippen LogP contribution in [0.25, 0.3) is 11.1 Å². The van der Waals surface area contributed by atoms with E-state index in [4.69, 9.17) is 4.74 Å². The van der Waals surface area contributed by atoms with Crippen LogP contribution in [0, 0.1) is 5.82 Å². The Morgan fingerprint density at radius 1 is 1.11 bits per heavy atom. The zero-order chi connectivity index (χ0) is 19.9. The lowest BCUT2D eigenvalue weighted by molar-refractivity contribution is 0.0936. The van der Waals surface area contributed by atoms with Crippen LogP contribution < -0.4 is 10.1 Å². The van der Waals surface area contributed by atoms with E-state index in [1.165, 1.54) is 12.1 Å². The first-order valence-corrected chi connectivity index (χ1v) is 9.19. The highest BCUT2D eigenvalue weighted by molar-refractivity contribution is 5.95. The van der Waals surface area contributed by atoms with E-state index in [2.05, 4.69) is 10.3 Å². The van der Waals surface area contributed by atoms with Gasteiger partial charge >= 0.3 is 0 Å². The van der Waals surface area contributed by atoms with Crippen LogP contribution in [0.4, 0.5) is 4.39 Å². The number of fused-ring (bicyclic) bond motifs is 3. The molecule has 3 aromatic rings. The van der Waals surface area contributed by atoms with Gasteiger partial charge in [0, 0.05) is 22.9 Å². The number of ether oxygens (including phenoxy) is 1. The summed E-state index contributed by atoms with van der Waals surface area (Å²) in [5.74, 6) is 0.257. The smallest absolute Gasteiger partial charge is 0.251 e. The molecule has 0 fully saturated rings. The second-order valence-corrected chi connectivity index (χ2v) is 7.49. The SMILES string of the molecule is CC(NC(=O)c1ccc2c(c1)C(C)(C)Oc1cnccc1-2)c1ccc(F)cc1. The molecule has 0 saturated carbocycles. The zero-order valence-corrected chi connectivity index (χ0v) is 16.0. The number of hydrogen-bond donors (Lipinski definition) is 1. The minimum atomic E-state index is -0.579. The molecule has 1 atom stereocenters. The summed E-state index contributed by atoms with van der Waals surface area (Å²) in [6.45, 7) is 5.83. The molecule has 1 unspecified atom stereocenters. The largest absolute Gasteiger partial charge is 0.481 e. The van der Waals surface area contributed by atoms with Crippen molar-refractivity contribution in [2.45, 2.75) is 32.4 Å². The van der Waals surface area contributed by atoms with Crippen molar-refractivity contribution in [2.24, 2.45) is 0 Å². The highest BCUT2D eigenvalue weighted by Crippen LogP contribution is 2.44. The van der Waals surface area contributed by atoms with Crippen LogP contribution in [0.2, 0.25) is 0 Å². The molecule has 142 valence electrons. The Hall–Kier alpha value is -3.21. The lowest BCUT2D eigenvalue weighted by Gasteiger charge is -2.35. The standard InChI is InChI=1S/C23H21FN2O2/c1-14(15-4-7-17(24)8-5-15)26-22(27)16-6-9-18-19-10-11-25-13-21(19)28-23(2,3)20(18)12-16/h4-14H,1-3H3,(H,26,27). The van der Waals surface area contributed by atoms with Gasteiger partial charge in [-0.25, -0.2) is 4.39 Å². The lowest BCUT2D eigenvalue weighted by atomic mass is 9.85. The van der Waals surface area contributed by atoms with Crippen molar-refractivity contribution in [3.05, 3.63) is 83.4 Å². The van der Waals surface area contributed by atoms with Crippen LogP contribution in [0.5, 0.6) is 5.75 Å². The predicted molar refractivity (Wildman–Crippen MR) is 106 cm³/mol. The van der Waals surface area contributed by atoms with Gasteiger partial charge in [-0.05, 0) is 62.2 Å². The maximum Gasteiger partial charge on any atom is 0.251 e. The van der Waals surface area contributed by atoms with E-state index in [0.717, 1.165) is 28.0 Å². The van der Waals surface area contributed by atoms with Gasteiger partial charge in [-0.2, -0.15) is 0 Å². The molecule has 2 heterocycles. The second kappa shape index (κ2) is 6.75. The first kappa shape index (κ1) is 18.2.